The molecule has 2 aromatic carbocycles. The van der Waals surface area contributed by atoms with Gasteiger partial charge < -0.3 is 5.32 Å². The predicted octanol–water partition coefficient (Wildman–Crippen LogP) is 4.82. The summed E-state index contributed by atoms with van der Waals surface area (Å²) < 4.78 is 14.2. The number of hydrogen-bond acceptors (Lipinski definition) is 2. The molecule has 21 heavy (non-hydrogen) atoms. The molecule has 0 aliphatic carbocycles. The average Bonchev–Trinajstić information content (AvgIpc) is 2.45. The van der Waals surface area contributed by atoms with E-state index in [4.69, 9.17) is 0 Å². The van der Waals surface area contributed by atoms with Crippen LogP contribution in [-0.2, 0) is 6.42 Å². The van der Waals surface area contributed by atoms with Crippen LogP contribution in [0.3, 0.4) is 0 Å². The van der Waals surface area contributed by atoms with Crippen molar-refractivity contribution in [2.24, 2.45) is 0 Å². The summed E-state index contributed by atoms with van der Waals surface area (Å²) in [6.07, 6.45) is 0.906. The Morgan fingerprint density at radius 3 is 2.71 bits per heavy atom. The highest BCUT2D eigenvalue weighted by molar-refractivity contribution is 9.10. The highest BCUT2D eigenvalue weighted by atomic mass is 79.9. The summed E-state index contributed by atoms with van der Waals surface area (Å²) >= 11 is 5.32. The molecular weight excluding hydrogens is 349 g/mol. The molecule has 2 rings (SSSR count). The third kappa shape index (κ3) is 5.13. The molecule has 0 fully saturated rings. The van der Waals surface area contributed by atoms with Gasteiger partial charge >= 0.3 is 0 Å². The van der Waals surface area contributed by atoms with E-state index >= 15 is 0 Å². The maximum atomic E-state index is 13.1. The van der Waals surface area contributed by atoms with Crippen LogP contribution in [-0.4, -0.2) is 18.8 Å². The van der Waals surface area contributed by atoms with Crippen molar-refractivity contribution in [1.29, 1.82) is 0 Å². The molecule has 0 heterocycles. The molecule has 1 atom stereocenters. The van der Waals surface area contributed by atoms with E-state index in [9.17, 15) is 4.39 Å². The lowest BCUT2D eigenvalue weighted by Gasteiger charge is -2.17. The molecular formula is C17H19BrFNS. The smallest absolute Gasteiger partial charge is 0.123 e. The first-order valence-corrected chi connectivity index (χ1v) is 8.67. The first kappa shape index (κ1) is 16.5. The summed E-state index contributed by atoms with van der Waals surface area (Å²) in [5.41, 5.74) is 2.22. The van der Waals surface area contributed by atoms with E-state index in [0.717, 1.165) is 22.2 Å². The van der Waals surface area contributed by atoms with E-state index in [2.05, 4.69) is 33.4 Å². The zero-order chi connectivity index (χ0) is 15.2. The topological polar surface area (TPSA) is 12.0 Å². The predicted molar refractivity (Wildman–Crippen MR) is 92.6 cm³/mol. The van der Waals surface area contributed by atoms with E-state index in [1.807, 2.05) is 43.9 Å². The van der Waals surface area contributed by atoms with Crippen molar-refractivity contribution in [3.63, 3.8) is 0 Å². The number of benzene rings is 2. The number of likely N-dealkylation sites (N-methyl/N-ethyl adjacent to an activating group) is 1. The SMILES string of the molecule is CNC(CSc1cccc(Br)c1)Cc1ccc(F)cc1C. The van der Waals surface area contributed by atoms with Gasteiger partial charge in [-0.2, -0.15) is 0 Å². The maximum absolute atomic E-state index is 13.1. The highest BCUT2D eigenvalue weighted by Gasteiger charge is 2.10. The summed E-state index contributed by atoms with van der Waals surface area (Å²) in [5.74, 6) is 0.810. The minimum absolute atomic E-state index is 0.166. The van der Waals surface area contributed by atoms with Gasteiger partial charge in [0, 0.05) is 21.2 Å². The van der Waals surface area contributed by atoms with Gasteiger partial charge in [-0.3, -0.25) is 0 Å². The summed E-state index contributed by atoms with van der Waals surface area (Å²) in [5, 5.41) is 3.35. The second kappa shape index (κ2) is 7.97. The third-order valence-corrected chi connectivity index (χ3v) is 5.08. The molecule has 0 spiro atoms. The minimum Gasteiger partial charge on any atom is -0.316 e. The van der Waals surface area contributed by atoms with Crippen LogP contribution in [0, 0.1) is 12.7 Å². The van der Waals surface area contributed by atoms with Crippen LogP contribution in [0.5, 0.6) is 0 Å². The van der Waals surface area contributed by atoms with Crippen LogP contribution in [0.25, 0.3) is 0 Å². The number of aryl methyl sites for hydroxylation is 1. The lowest BCUT2D eigenvalue weighted by atomic mass is 10.0. The van der Waals surface area contributed by atoms with E-state index in [0.29, 0.717) is 6.04 Å². The van der Waals surface area contributed by atoms with Crippen molar-refractivity contribution in [2.75, 3.05) is 12.8 Å². The van der Waals surface area contributed by atoms with Gasteiger partial charge in [0.1, 0.15) is 5.82 Å². The fourth-order valence-electron chi connectivity index (χ4n) is 2.15. The minimum atomic E-state index is -0.166. The maximum Gasteiger partial charge on any atom is 0.123 e. The average molecular weight is 368 g/mol. The van der Waals surface area contributed by atoms with Crippen LogP contribution >= 0.6 is 27.7 Å². The quantitative estimate of drug-likeness (QED) is 0.734. The molecule has 1 nitrogen and oxygen atoms in total. The second-order valence-corrected chi connectivity index (χ2v) is 7.04. The zero-order valence-corrected chi connectivity index (χ0v) is 14.6. The first-order valence-electron chi connectivity index (χ1n) is 6.89. The van der Waals surface area contributed by atoms with Crippen molar-refractivity contribution in [3.8, 4) is 0 Å². The Hall–Kier alpha value is -0.840. The van der Waals surface area contributed by atoms with E-state index in [1.165, 1.54) is 16.5 Å². The van der Waals surface area contributed by atoms with Gasteiger partial charge in [-0.15, -0.1) is 11.8 Å². The van der Waals surface area contributed by atoms with E-state index in [-0.39, 0.29) is 5.82 Å². The molecule has 0 bridgehead atoms. The molecule has 1 N–H and O–H groups in total. The van der Waals surface area contributed by atoms with Gasteiger partial charge in [0.25, 0.3) is 0 Å². The molecule has 0 saturated heterocycles. The zero-order valence-electron chi connectivity index (χ0n) is 12.2. The molecule has 0 radical (unpaired) electrons. The van der Waals surface area contributed by atoms with Gasteiger partial charge in [0.2, 0.25) is 0 Å². The lowest BCUT2D eigenvalue weighted by molar-refractivity contribution is 0.607. The molecule has 1 unspecified atom stereocenters. The van der Waals surface area contributed by atoms with E-state index in [1.54, 1.807) is 6.07 Å². The van der Waals surface area contributed by atoms with Crippen LogP contribution in [0.4, 0.5) is 4.39 Å². The van der Waals surface area contributed by atoms with Gasteiger partial charge in [-0.05, 0) is 61.9 Å². The number of rotatable bonds is 6. The molecule has 0 saturated carbocycles. The number of hydrogen-bond donors (Lipinski definition) is 1. The molecule has 0 amide bonds. The molecule has 0 aromatic heterocycles. The third-order valence-electron chi connectivity index (χ3n) is 3.43. The van der Waals surface area contributed by atoms with Crippen molar-refractivity contribution in [1.82, 2.24) is 5.32 Å². The van der Waals surface area contributed by atoms with Gasteiger partial charge in [0.15, 0.2) is 0 Å². The molecule has 2 aromatic rings. The van der Waals surface area contributed by atoms with Crippen molar-refractivity contribution in [2.45, 2.75) is 24.3 Å². The Balaban J connectivity index is 1.97. The van der Waals surface area contributed by atoms with E-state index < -0.39 is 0 Å². The highest BCUT2D eigenvalue weighted by Crippen LogP contribution is 2.23. The van der Waals surface area contributed by atoms with Gasteiger partial charge in [-0.1, -0.05) is 28.1 Å². The molecule has 0 aliphatic rings. The number of thioether (sulfide) groups is 1. The van der Waals surface area contributed by atoms with Crippen LogP contribution in [0.2, 0.25) is 0 Å². The summed E-state index contributed by atoms with van der Waals surface area (Å²) in [7, 11) is 1.98. The Kier molecular flexibility index (Phi) is 6.27. The molecule has 4 heteroatoms. The van der Waals surface area contributed by atoms with Crippen molar-refractivity contribution in [3.05, 3.63) is 63.9 Å². The number of nitrogens with one attached hydrogen (secondary N) is 1. The standard InChI is InChI=1S/C17H19BrFNS/c1-12-8-15(19)7-6-13(12)9-16(20-2)11-21-17-5-3-4-14(18)10-17/h3-8,10,16,20H,9,11H2,1-2H3. The van der Waals surface area contributed by atoms with Crippen LogP contribution in [0.15, 0.2) is 51.8 Å². The van der Waals surface area contributed by atoms with Crippen LogP contribution in [0.1, 0.15) is 11.1 Å². The summed E-state index contributed by atoms with van der Waals surface area (Å²) in [4.78, 5) is 1.25. The Labute approximate surface area is 138 Å². The largest absolute Gasteiger partial charge is 0.316 e. The van der Waals surface area contributed by atoms with Crippen LogP contribution < -0.4 is 5.32 Å². The molecule has 112 valence electrons. The summed E-state index contributed by atoms with van der Waals surface area (Å²) in [6, 6.07) is 13.7. The fraction of sp³-hybridized carbons (Fsp3) is 0.294. The van der Waals surface area contributed by atoms with Gasteiger partial charge in [-0.25, -0.2) is 4.39 Å². The van der Waals surface area contributed by atoms with Gasteiger partial charge in [0.05, 0.1) is 0 Å². The second-order valence-electron chi connectivity index (χ2n) is 5.03. The number of halogens is 2. The Morgan fingerprint density at radius 2 is 2.05 bits per heavy atom. The van der Waals surface area contributed by atoms with Crippen molar-refractivity contribution >= 4 is 27.7 Å². The lowest BCUT2D eigenvalue weighted by Crippen LogP contribution is -2.30. The van der Waals surface area contributed by atoms with Crippen molar-refractivity contribution < 1.29 is 4.39 Å². The monoisotopic (exact) mass is 367 g/mol. The Morgan fingerprint density at radius 1 is 1.24 bits per heavy atom. The fourth-order valence-corrected chi connectivity index (χ4v) is 3.77. The normalized spacial score (nSPS) is 12.4. The summed E-state index contributed by atoms with van der Waals surface area (Å²) in [6.45, 7) is 1.96. The molecule has 0 aliphatic heterocycles. The Bertz CT molecular complexity index is 603. The first-order chi connectivity index (χ1) is 10.1.